The first kappa shape index (κ1) is 26.7. The minimum Gasteiger partial charge on any atom is -0.456 e. The summed E-state index contributed by atoms with van der Waals surface area (Å²) in [6.45, 7) is 6.65. The van der Waals surface area contributed by atoms with E-state index in [1.54, 1.807) is 12.1 Å². The minimum atomic E-state index is -0.331. The molecule has 0 saturated carbocycles. The molecule has 1 heterocycles. The number of halogens is 1. The van der Waals surface area contributed by atoms with Gasteiger partial charge in [-0.25, -0.2) is 4.39 Å². The van der Waals surface area contributed by atoms with Crippen LogP contribution in [0.25, 0.3) is 33.4 Å². The molecule has 0 aliphatic heterocycles. The number of benzene rings is 4. The Morgan fingerprint density at radius 1 is 0.897 bits per heavy atom. The summed E-state index contributed by atoms with van der Waals surface area (Å²) in [5, 5.41) is 4.66. The molecule has 5 rings (SSSR count). The third-order valence-corrected chi connectivity index (χ3v) is 8.09. The van der Waals surface area contributed by atoms with Gasteiger partial charge < -0.3 is 14.6 Å². The van der Waals surface area contributed by atoms with Crippen molar-refractivity contribution >= 4 is 16.7 Å². The number of furan rings is 1. The van der Waals surface area contributed by atoms with E-state index in [9.17, 15) is 4.39 Å². The summed E-state index contributed by atoms with van der Waals surface area (Å²) in [6, 6.07) is 32.3. The monoisotopic (exact) mass is 520 g/mol. The van der Waals surface area contributed by atoms with Gasteiger partial charge in [-0.05, 0) is 68.8 Å². The molecule has 200 valence electrons. The fourth-order valence-electron chi connectivity index (χ4n) is 5.66. The first-order chi connectivity index (χ1) is 18.9. The number of nitrogens with zero attached hydrogens (tertiary/aromatic N) is 1. The van der Waals surface area contributed by atoms with Crippen LogP contribution in [0.3, 0.4) is 0 Å². The highest BCUT2D eigenvalue weighted by Crippen LogP contribution is 2.46. The van der Waals surface area contributed by atoms with Crippen molar-refractivity contribution in [2.75, 3.05) is 19.0 Å². The molecule has 5 aromatic rings. The summed E-state index contributed by atoms with van der Waals surface area (Å²) in [4.78, 5) is 2.32. The molecule has 39 heavy (non-hydrogen) atoms. The van der Waals surface area contributed by atoms with Crippen molar-refractivity contribution in [3.63, 3.8) is 0 Å². The van der Waals surface area contributed by atoms with Gasteiger partial charge in [0, 0.05) is 46.4 Å². The molecular weight excluding hydrogens is 483 g/mol. The number of fused-ring (bicyclic) bond motifs is 1. The lowest BCUT2D eigenvalue weighted by atomic mass is 9.83. The summed E-state index contributed by atoms with van der Waals surface area (Å²) >= 11 is 0. The van der Waals surface area contributed by atoms with Gasteiger partial charge in [0.1, 0.15) is 17.2 Å². The minimum absolute atomic E-state index is 0.153. The van der Waals surface area contributed by atoms with E-state index in [0.717, 1.165) is 57.5 Å². The largest absolute Gasteiger partial charge is 0.456 e. The second-order valence-corrected chi connectivity index (χ2v) is 10.6. The lowest BCUT2D eigenvalue weighted by Crippen LogP contribution is -2.36. The lowest BCUT2D eigenvalue weighted by Gasteiger charge is -2.31. The van der Waals surface area contributed by atoms with E-state index in [0.29, 0.717) is 0 Å². The quantitative estimate of drug-likeness (QED) is 0.210. The van der Waals surface area contributed by atoms with Crippen LogP contribution in [-0.2, 0) is 5.54 Å². The molecule has 4 aromatic carbocycles. The van der Waals surface area contributed by atoms with Gasteiger partial charge in [0.2, 0.25) is 0 Å². The first-order valence-corrected chi connectivity index (χ1v) is 13.8. The zero-order chi connectivity index (χ0) is 27.6. The zero-order valence-electron chi connectivity index (χ0n) is 23.5. The van der Waals surface area contributed by atoms with E-state index in [1.807, 2.05) is 19.2 Å². The summed E-state index contributed by atoms with van der Waals surface area (Å²) in [7, 11) is 4.15. The predicted octanol–water partition coefficient (Wildman–Crippen LogP) is 9.34. The molecule has 4 heteroatoms. The molecule has 0 aliphatic carbocycles. The molecule has 3 nitrogen and oxygen atoms in total. The fraction of sp³-hybridized carbons (Fsp3) is 0.257. The Morgan fingerprint density at radius 3 is 2.15 bits per heavy atom. The third-order valence-electron chi connectivity index (χ3n) is 8.09. The number of anilines is 1. The Hall–Kier alpha value is -3.89. The zero-order valence-corrected chi connectivity index (χ0v) is 23.5. The van der Waals surface area contributed by atoms with Crippen LogP contribution in [0.1, 0.15) is 50.8 Å². The van der Waals surface area contributed by atoms with Crippen LogP contribution < -0.4 is 10.2 Å². The van der Waals surface area contributed by atoms with Crippen LogP contribution in [-0.4, -0.2) is 14.1 Å². The second-order valence-electron chi connectivity index (χ2n) is 10.6. The summed E-state index contributed by atoms with van der Waals surface area (Å²) < 4.78 is 20.6. The molecule has 0 bridgehead atoms. The van der Waals surface area contributed by atoms with Gasteiger partial charge in [-0.1, -0.05) is 74.0 Å². The van der Waals surface area contributed by atoms with Gasteiger partial charge in [0.25, 0.3) is 0 Å². The Balaban J connectivity index is 1.80. The van der Waals surface area contributed by atoms with E-state index >= 15 is 0 Å². The van der Waals surface area contributed by atoms with Crippen molar-refractivity contribution in [1.29, 1.82) is 0 Å². The molecule has 0 aliphatic rings. The molecule has 0 spiro atoms. The maximum absolute atomic E-state index is 13.9. The summed E-state index contributed by atoms with van der Waals surface area (Å²) in [5.41, 5.74) is 7.11. The maximum Gasteiger partial charge on any atom is 0.140 e. The molecule has 0 saturated heterocycles. The van der Waals surface area contributed by atoms with E-state index in [-0.39, 0.29) is 17.4 Å². The van der Waals surface area contributed by atoms with Gasteiger partial charge in [-0.3, -0.25) is 0 Å². The van der Waals surface area contributed by atoms with Gasteiger partial charge in [0.05, 0.1) is 6.04 Å². The fourth-order valence-corrected chi connectivity index (χ4v) is 5.66. The highest BCUT2D eigenvalue weighted by atomic mass is 19.1. The number of hydrogen-bond donors (Lipinski definition) is 1. The van der Waals surface area contributed by atoms with Crippen molar-refractivity contribution in [3.05, 3.63) is 114 Å². The molecule has 2 atom stereocenters. The van der Waals surface area contributed by atoms with Gasteiger partial charge in [-0.15, -0.1) is 0 Å². The van der Waals surface area contributed by atoms with Gasteiger partial charge >= 0.3 is 0 Å². The van der Waals surface area contributed by atoms with Crippen molar-refractivity contribution in [1.82, 2.24) is 5.32 Å². The number of rotatable bonds is 9. The average molecular weight is 521 g/mol. The molecule has 0 amide bonds. The highest BCUT2D eigenvalue weighted by molar-refractivity contribution is 5.97. The van der Waals surface area contributed by atoms with Crippen LogP contribution >= 0.6 is 0 Å². The second kappa shape index (κ2) is 11.1. The van der Waals surface area contributed by atoms with Gasteiger partial charge in [0.15, 0.2) is 0 Å². The van der Waals surface area contributed by atoms with E-state index < -0.39 is 0 Å². The van der Waals surface area contributed by atoms with Crippen LogP contribution in [0, 0.1) is 5.82 Å². The molecule has 1 N–H and O–H groups in total. The van der Waals surface area contributed by atoms with E-state index in [2.05, 4.69) is 98.7 Å². The number of hydrogen-bond acceptors (Lipinski definition) is 3. The third kappa shape index (κ3) is 5.09. The summed E-state index contributed by atoms with van der Waals surface area (Å²) in [6.07, 6.45) is 1.94. The van der Waals surface area contributed by atoms with Gasteiger partial charge in [-0.2, -0.15) is 0 Å². The highest BCUT2D eigenvalue weighted by Gasteiger charge is 2.33. The van der Waals surface area contributed by atoms with Crippen LogP contribution in [0.2, 0.25) is 0 Å². The molecule has 1 aromatic heterocycles. The lowest BCUT2D eigenvalue weighted by molar-refractivity contribution is 0.366. The van der Waals surface area contributed by atoms with Crippen molar-refractivity contribution < 1.29 is 8.81 Å². The van der Waals surface area contributed by atoms with Crippen LogP contribution in [0.15, 0.2) is 101 Å². The topological polar surface area (TPSA) is 28.4 Å². The van der Waals surface area contributed by atoms with Crippen LogP contribution in [0.4, 0.5) is 10.1 Å². The number of nitrogens with one attached hydrogen (secondary N) is 1. The van der Waals surface area contributed by atoms with E-state index in [1.165, 1.54) is 17.7 Å². The maximum atomic E-state index is 13.9. The average Bonchev–Trinajstić information content (AvgIpc) is 3.36. The Morgan fingerprint density at radius 2 is 1.54 bits per heavy atom. The Bertz CT molecular complexity index is 1540. The van der Waals surface area contributed by atoms with Crippen molar-refractivity contribution in [3.8, 4) is 22.5 Å². The molecule has 0 fully saturated rings. The Labute approximate surface area is 231 Å². The van der Waals surface area contributed by atoms with E-state index in [4.69, 9.17) is 4.42 Å². The standard InChI is InChI=1S/C35H37FN2O/c1-6-21-35(3,37-4)33-30-22-29(26-15-11-8-12-16-26)31(38(5)24(2)25-13-9-7-10-14-25)23-32(30)39-34(33)27-17-19-28(36)20-18-27/h7-20,22-24,37H,6,21H2,1-5H3. The first-order valence-electron chi connectivity index (χ1n) is 13.8. The smallest absolute Gasteiger partial charge is 0.140 e. The normalized spacial score (nSPS) is 13.8. The molecule has 2 unspecified atom stereocenters. The SMILES string of the molecule is CCCC(C)(NC)c1c(-c2ccc(F)cc2)oc2cc(N(C)C(C)c3ccccc3)c(-c3ccccc3)cc12. The van der Waals surface area contributed by atoms with Crippen molar-refractivity contribution in [2.24, 2.45) is 0 Å². The van der Waals surface area contributed by atoms with Crippen molar-refractivity contribution in [2.45, 2.75) is 45.2 Å². The molecular formula is C35H37FN2O. The van der Waals surface area contributed by atoms with Crippen LogP contribution in [0.5, 0.6) is 0 Å². The predicted molar refractivity (Wildman–Crippen MR) is 162 cm³/mol. The summed E-state index contributed by atoms with van der Waals surface area (Å²) in [5.74, 6) is 0.525. The Kier molecular flexibility index (Phi) is 7.58. The molecule has 0 radical (unpaired) electrons.